The minimum Gasteiger partial charge on any atom is -0.352 e. The first-order chi connectivity index (χ1) is 14.0. The van der Waals surface area contributed by atoms with E-state index in [2.05, 4.69) is 20.5 Å². The second-order valence-corrected chi connectivity index (χ2v) is 7.85. The van der Waals surface area contributed by atoms with Crippen LogP contribution in [-0.2, 0) is 16.1 Å². The zero-order chi connectivity index (χ0) is 20.6. The lowest BCUT2D eigenvalue weighted by Gasteiger charge is -2.31. The quantitative estimate of drug-likeness (QED) is 0.728. The van der Waals surface area contributed by atoms with Crippen LogP contribution < -0.4 is 10.6 Å². The van der Waals surface area contributed by atoms with E-state index >= 15 is 0 Å². The second kappa shape index (κ2) is 10.4. The van der Waals surface area contributed by atoms with Gasteiger partial charge in [0.1, 0.15) is 5.82 Å². The van der Waals surface area contributed by atoms with Crippen molar-refractivity contribution in [3.63, 3.8) is 0 Å². The summed E-state index contributed by atoms with van der Waals surface area (Å²) in [6.45, 7) is 4.73. The first-order valence-corrected chi connectivity index (χ1v) is 10.3. The Morgan fingerprint density at radius 2 is 1.93 bits per heavy atom. The lowest BCUT2D eigenvalue weighted by molar-refractivity contribution is -0.123. The van der Waals surface area contributed by atoms with E-state index in [0.29, 0.717) is 30.4 Å². The summed E-state index contributed by atoms with van der Waals surface area (Å²) >= 11 is 6.11. The van der Waals surface area contributed by atoms with Crippen LogP contribution in [-0.4, -0.2) is 41.3 Å². The highest BCUT2D eigenvalue weighted by atomic mass is 35.5. The van der Waals surface area contributed by atoms with Gasteiger partial charge in [-0.1, -0.05) is 35.9 Å². The zero-order valence-electron chi connectivity index (χ0n) is 16.7. The molecular weight excluding hydrogens is 388 g/mol. The summed E-state index contributed by atoms with van der Waals surface area (Å²) in [5.74, 6) is 0.621. The predicted molar refractivity (Wildman–Crippen MR) is 115 cm³/mol. The first-order valence-electron chi connectivity index (χ1n) is 9.97. The molecule has 6 nitrogen and oxygen atoms in total. The number of amides is 2. The van der Waals surface area contributed by atoms with Crippen molar-refractivity contribution in [2.24, 2.45) is 5.92 Å². The number of hydrogen-bond acceptors (Lipinski definition) is 4. The predicted octanol–water partition coefficient (Wildman–Crippen LogP) is 3.40. The second-order valence-electron chi connectivity index (χ2n) is 7.44. The zero-order valence-corrected chi connectivity index (χ0v) is 17.4. The molecule has 29 heavy (non-hydrogen) atoms. The Bertz CT molecular complexity index is 833. The number of nitrogens with one attached hydrogen (secondary N) is 2. The summed E-state index contributed by atoms with van der Waals surface area (Å²) in [4.78, 5) is 31.0. The van der Waals surface area contributed by atoms with Crippen molar-refractivity contribution < 1.29 is 9.59 Å². The summed E-state index contributed by atoms with van der Waals surface area (Å²) in [7, 11) is 0. The van der Waals surface area contributed by atoms with Crippen molar-refractivity contribution >= 4 is 29.2 Å². The van der Waals surface area contributed by atoms with Gasteiger partial charge in [0, 0.05) is 36.6 Å². The third kappa shape index (κ3) is 6.54. The molecule has 2 N–H and O–H groups in total. The van der Waals surface area contributed by atoms with Crippen LogP contribution in [0.5, 0.6) is 0 Å². The Labute approximate surface area is 176 Å². The van der Waals surface area contributed by atoms with Crippen molar-refractivity contribution in [1.82, 2.24) is 15.2 Å². The molecule has 1 aliphatic rings. The molecule has 1 fully saturated rings. The average molecular weight is 415 g/mol. The number of hydrogen-bond donors (Lipinski definition) is 2. The van der Waals surface area contributed by atoms with Gasteiger partial charge in [-0.15, -0.1) is 0 Å². The molecular formula is C22H27ClN4O2. The maximum atomic E-state index is 12.4. The monoisotopic (exact) mass is 414 g/mol. The van der Waals surface area contributed by atoms with E-state index < -0.39 is 0 Å². The van der Waals surface area contributed by atoms with Crippen molar-refractivity contribution in [3.8, 4) is 0 Å². The Kier molecular flexibility index (Phi) is 7.61. The third-order valence-corrected chi connectivity index (χ3v) is 5.58. The van der Waals surface area contributed by atoms with E-state index in [1.54, 1.807) is 6.20 Å². The topological polar surface area (TPSA) is 74.3 Å². The summed E-state index contributed by atoms with van der Waals surface area (Å²) in [5, 5.41) is 6.47. The normalized spacial score (nSPS) is 15.1. The van der Waals surface area contributed by atoms with Gasteiger partial charge in [0.15, 0.2) is 0 Å². The summed E-state index contributed by atoms with van der Waals surface area (Å²) in [5.41, 5.74) is 1.98. The van der Waals surface area contributed by atoms with Crippen LogP contribution in [0.15, 0.2) is 42.6 Å². The standard InChI is InChI=1S/C22H27ClN4O2/c1-16-6-7-20(24-14-16)26-22(29)17-8-11-27(12-9-17)13-10-21(28)25-15-18-4-2-3-5-19(18)23/h2-7,14,17H,8-13,15H2,1H3,(H,25,28)(H,24,26,29). The Morgan fingerprint density at radius 3 is 2.62 bits per heavy atom. The van der Waals surface area contributed by atoms with Gasteiger partial charge in [0.25, 0.3) is 0 Å². The van der Waals surface area contributed by atoms with Gasteiger partial charge in [-0.05, 0) is 56.1 Å². The number of aryl methyl sites for hydroxylation is 1. The van der Waals surface area contributed by atoms with Crippen LogP contribution in [0.4, 0.5) is 5.82 Å². The molecule has 154 valence electrons. The number of benzene rings is 1. The van der Waals surface area contributed by atoms with Crippen molar-refractivity contribution in [3.05, 3.63) is 58.7 Å². The minimum atomic E-state index is -0.0107. The Morgan fingerprint density at radius 1 is 1.17 bits per heavy atom. The average Bonchev–Trinajstić information content (AvgIpc) is 2.73. The number of nitrogens with zero attached hydrogens (tertiary/aromatic N) is 2. The first kappa shape index (κ1) is 21.3. The van der Waals surface area contributed by atoms with Gasteiger partial charge in [-0.25, -0.2) is 4.98 Å². The number of aromatic nitrogens is 1. The molecule has 0 bridgehead atoms. The number of carbonyl (C=O) groups excluding carboxylic acids is 2. The fourth-order valence-electron chi connectivity index (χ4n) is 3.37. The molecule has 2 amide bonds. The number of likely N-dealkylation sites (tertiary alicyclic amines) is 1. The molecule has 0 saturated carbocycles. The Balaban J connectivity index is 1.35. The number of rotatable bonds is 7. The molecule has 3 rings (SSSR count). The molecule has 0 spiro atoms. The van der Waals surface area contributed by atoms with Gasteiger partial charge >= 0.3 is 0 Å². The highest BCUT2D eigenvalue weighted by Crippen LogP contribution is 2.19. The third-order valence-electron chi connectivity index (χ3n) is 5.21. The SMILES string of the molecule is Cc1ccc(NC(=O)C2CCN(CCC(=O)NCc3ccccc3Cl)CC2)nc1. The molecule has 1 aliphatic heterocycles. The van der Waals surface area contributed by atoms with Crippen LogP contribution in [0.1, 0.15) is 30.4 Å². The van der Waals surface area contributed by atoms with E-state index in [9.17, 15) is 9.59 Å². The molecule has 0 atom stereocenters. The van der Waals surface area contributed by atoms with Crippen LogP contribution in [0.3, 0.4) is 0 Å². The van der Waals surface area contributed by atoms with E-state index in [-0.39, 0.29) is 17.7 Å². The largest absolute Gasteiger partial charge is 0.352 e. The number of anilines is 1. The van der Waals surface area contributed by atoms with E-state index in [1.807, 2.05) is 43.3 Å². The van der Waals surface area contributed by atoms with Crippen LogP contribution in [0.25, 0.3) is 0 Å². The van der Waals surface area contributed by atoms with Gasteiger partial charge < -0.3 is 15.5 Å². The molecule has 0 unspecified atom stereocenters. The molecule has 2 aromatic rings. The van der Waals surface area contributed by atoms with Gasteiger partial charge in [0.2, 0.25) is 11.8 Å². The minimum absolute atomic E-state index is 0.00947. The Hall–Kier alpha value is -2.44. The van der Waals surface area contributed by atoms with Gasteiger partial charge in [-0.3, -0.25) is 9.59 Å². The smallest absolute Gasteiger partial charge is 0.228 e. The summed E-state index contributed by atoms with van der Waals surface area (Å²) in [6, 6.07) is 11.3. The van der Waals surface area contributed by atoms with E-state index in [1.165, 1.54) is 0 Å². The lowest BCUT2D eigenvalue weighted by Crippen LogP contribution is -2.40. The molecule has 0 radical (unpaired) electrons. The number of pyridine rings is 1. The van der Waals surface area contributed by atoms with E-state index in [0.717, 1.165) is 37.1 Å². The maximum absolute atomic E-state index is 12.4. The number of carbonyl (C=O) groups is 2. The van der Waals surface area contributed by atoms with E-state index in [4.69, 9.17) is 11.6 Å². The lowest BCUT2D eigenvalue weighted by atomic mass is 9.96. The molecule has 7 heteroatoms. The molecule has 1 saturated heterocycles. The van der Waals surface area contributed by atoms with Crippen LogP contribution in [0, 0.1) is 12.8 Å². The highest BCUT2D eigenvalue weighted by Gasteiger charge is 2.25. The highest BCUT2D eigenvalue weighted by molar-refractivity contribution is 6.31. The van der Waals surface area contributed by atoms with Gasteiger partial charge in [0.05, 0.1) is 0 Å². The fourth-order valence-corrected chi connectivity index (χ4v) is 3.57. The van der Waals surface area contributed by atoms with Crippen LogP contribution >= 0.6 is 11.6 Å². The molecule has 0 aliphatic carbocycles. The van der Waals surface area contributed by atoms with Crippen molar-refractivity contribution in [2.45, 2.75) is 32.7 Å². The van der Waals surface area contributed by atoms with Crippen LogP contribution in [0.2, 0.25) is 5.02 Å². The maximum Gasteiger partial charge on any atom is 0.228 e. The molecule has 1 aromatic heterocycles. The molecule has 2 heterocycles. The summed E-state index contributed by atoms with van der Waals surface area (Å²) < 4.78 is 0. The fraction of sp³-hybridized carbons (Fsp3) is 0.409. The van der Waals surface area contributed by atoms with Gasteiger partial charge in [-0.2, -0.15) is 0 Å². The molecule has 1 aromatic carbocycles. The summed E-state index contributed by atoms with van der Waals surface area (Å²) in [6.07, 6.45) is 3.77. The number of halogens is 1. The van der Waals surface area contributed by atoms with Crippen molar-refractivity contribution in [2.75, 3.05) is 25.0 Å². The number of piperidine rings is 1. The van der Waals surface area contributed by atoms with Crippen molar-refractivity contribution in [1.29, 1.82) is 0 Å².